The first-order valence-corrected chi connectivity index (χ1v) is 6.40. The summed E-state index contributed by atoms with van der Waals surface area (Å²) in [6.07, 6.45) is 4.00. The molecule has 0 saturated carbocycles. The zero-order valence-corrected chi connectivity index (χ0v) is 11.1. The zero-order valence-electron chi connectivity index (χ0n) is 11.1. The molecule has 0 unspecified atom stereocenters. The van der Waals surface area contributed by atoms with Crippen molar-refractivity contribution in [3.05, 3.63) is 64.8 Å². The highest BCUT2D eigenvalue weighted by molar-refractivity contribution is 5.93. The Bertz CT molecular complexity index is 821. The number of H-pyrrole nitrogens is 1. The van der Waals surface area contributed by atoms with Crippen LogP contribution in [0, 0.1) is 18.3 Å². The summed E-state index contributed by atoms with van der Waals surface area (Å²) in [4.78, 5) is 0. The lowest BCUT2D eigenvalue weighted by molar-refractivity contribution is 1.11. The Labute approximate surface area is 117 Å². The lowest BCUT2D eigenvalue weighted by Gasteiger charge is -1.99. The van der Waals surface area contributed by atoms with Crippen molar-refractivity contribution in [3.8, 4) is 6.07 Å². The molecule has 0 saturated heterocycles. The molecular formula is C17H13N3. The molecule has 1 N–H and O–H groups in total. The Balaban J connectivity index is 2.09. The molecule has 0 spiro atoms. The Morgan fingerprint density at radius 2 is 1.90 bits per heavy atom. The minimum atomic E-state index is 0.688. The van der Waals surface area contributed by atoms with E-state index in [2.05, 4.69) is 16.3 Å². The fourth-order valence-corrected chi connectivity index (χ4v) is 2.29. The van der Waals surface area contributed by atoms with Gasteiger partial charge in [-0.1, -0.05) is 36.4 Å². The van der Waals surface area contributed by atoms with Crippen LogP contribution in [0.4, 0.5) is 0 Å². The molecule has 0 aliphatic carbocycles. The second kappa shape index (κ2) is 5.02. The summed E-state index contributed by atoms with van der Waals surface area (Å²) in [5, 5.41) is 17.5. The number of nitrogens with one attached hydrogen (secondary N) is 1. The van der Waals surface area contributed by atoms with Gasteiger partial charge in [-0.3, -0.25) is 5.10 Å². The average Bonchev–Trinajstić information content (AvgIpc) is 2.91. The van der Waals surface area contributed by atoms with Crippen LogP contribution in [0.2, 0.25) is 0 Å². The van der Waals surface area contributed by atoms with E-state index in [0.29, 0.717) is 5.56 Å². The molecule has 3 aromatic rings. The van der Waals surface area contributed by atoms with Crippen LogP contribution in [0.15, 0.2) is 42.5 Å². The molecule has 3 heteroatoms. The van der Waals surface area contributed by atoms with Gasteiger partial charge < -0.3 is 0 Å². The first-order valence-electron chi connectivity index (χ1n) is 6.40. The van der Waals surface area contributed by atoms with Gasteiger partial charge >= 0.3 is 0 Å². The monoisotopic (exact) mass is 259 g/mol. The van der Waals surface area contributed by atoms with Gasteiger partial charge in [0.25, 0.3) is 0 Å². The van der Waals surface area contributed by atoms with Crippen LogP contribution in [-0.4, -0.2) is 10.2 Å². The second-order valence-electron chi connectivity index (χ2n) is 4.63. The van der Waals surface area contributed by atoms with E-state index in [1.54, 1.807) is 0 Å². The number of aryl methyl sites for hydroxylation is 1. The summed E-state index contributed by atoms with van der Waals surface area (Å²) in [5.41, 5.74) is 4.59. The van der Waals surface area contributed by atoms with Crippen LogP contribution >= 0.6 is 0 Å². The number of nitrogens with zero attached hydrogens (tertiary/aromatic N) is 2. The van der Waals surface area contributed by atoms with Gasteiger partial charge in [0.1, 0.15) is 0 Å². The fraction of sp³-hybridized carbons (Fsp3) is 0.0588. The minimum Gasteiger partial charge on any atom is -0.277 e. The van der Waals surface area contributed by atoms with Crippen LogP contribution in [0.5, 0.6) is 0 Å². The third-order valence-electron chi connectivity index (χ3n) is 3.37. The number of aromatic amines is 1. The van der Waals surface area contributed by atoms with Gasteiger partial charge in [-0.2, -0.15) is 10.4 Å². The van der Waals surface area contributed by atoms with Crippen molar-refractivity contribution in [1.82, 2.24) is 10.2 Å². The predicted molar refractivity (Wildman–Crippen MR) is 80.9 cm³/mol. The third kappa shape index (κ3) is 2.08. The Morgan fingerprint density at radius 1 is 1.10 bits per heavy atom. The topological polar surface area (TPSA) is 52.5 Å². The highest BCUT2D eigenvalue weighted by atomic mass is 15.1. The van der Waals surface area contributed by atoms with E-state index < -0.39 is 0 Å². The van der Waals surface area contributed by atoms with Crippen LogP contribution in [0.3, 0.4) is 0 Å². The number of nitriles is 1. The minimum absolute atomic E-state index is 0.688. The van der Waals surface area contributed by atoms with E-state index in [1.807, 2.05) is 61.5 Å². The number of hydrogen-bond acceptors (Lipinski definition) is 2. The Hall–Kier alpha value is -2.86. The number of fused-ring (bicyclic) bond motifs is 1. The van der Waals surface area contributed by atoms with Crippen molar-refractivity contribution in [2.24, 2.45) is 0 Å². The van der Waals surface area contributed by atoms with E-state index in [0.717, 1.165) is 27.7 Å². The molecule has 0 amide bonds. The number of aromatic nitrogens is 2. The predicted octanol–water partition coefficient (Wildman–Crippen LogP) is 3.91. The maximum Gasteiger partial charge on any atom is 0.0994 e. The largest absolute Gasteiger partial charge is 0.277 e. The van der Waals surface area contributed by atoms with Crippen molar-refractivity contribution in [2.75, 3.05) is 0 Å². The van der Waals surface area contributed by atoms with E-state index in [1.165, 1.54) is 0 Å². The molecule has 96 valence electrons. The molecule has 0 aliphatic heterocycles. The van der Waals surface area contributed by atoms with Crippen molar-refractivity contribution in [1.29, 1.82) is 5.26 Å². The van der Waals surface area contributed by atoms with Gasteiger partial charge in [0, 0.05) is 5.39 Å². The molecule has 0 radical (unpaired) electrons. The molecule has 1 heterocycles. The summed E-state index contributed by atoms with van der Waals surface area (Å²) < 4.78 is 0. The van der Waals surface area contributed by atoms with Gasteiger partial charge in [-0.25, -0.2) is 0 Å². The number of rotatable bonds is 2. The first-order chi connectivity index (χ1) is 9.79. The second-order valence-corrected chi connectivity index (χ2v) is 4.63. The summed E-state index contributed by atoms with van der Waals surface area (Å²) in [6, 6.07) is 16.0. The van der Waals surface area contributed by atoms with Crippen molar-refractivity contribution < 1.29 is 0 Å². The highest BCUT2D eigenvalue weighted by Crippen LogP contribution is 2.24. The van der Waals surface area contributed by atoms with Crippen LogP contribution in [0.25, 0.3) is 23.1 Å². The molecule has 0 aliphatic rings. The van der Waals surface area contributed by atoms with Crippen LogP contribution in [-0.2, 0) is 0 Å². The Morgan fingerprint density at radius 3 is 2.65 bits per heavy atom. The summed E-state index contributed by atoms with van der Waals surface area (Å²) in [5.74, 6) is 0. The molecule has 20 heavy (non-hydrogen) atoms. The van der Waals surface area contributed by atoms with Gasteiger partial charge in [0.05, 0.1) is 22.8 Å². The van der Waals surface area contributed by atoms with Crippen LogP contribution < -0.4 is 0 Å². The van der Waals surface area contributed by atoms with Crippen LogP contribution in [0.1, 0.15) is 22.4 Å². The fourth-order valence-electron chi connectivity index (χ4n) is 2.29. The van der Waals surface area contributed by atoms with E-state index in [4.69, 9.17) is 5.26 Å². The first kappa shape index (κ1) is 12.2. The maximum atomic E-state index is 9.12. The molecule has 0 bridgehead atoms. The van der Waals surface area contributed by atoms with Gasteiger partial charge in [0.2, 0.25) is 0 Å². The average molecular weight is 259 g/mol. The van der Waals surface area contributed by atoms with Crippen molar-refractivity contribution >= 4 is 23.1 Å². The van der Waals surface area contributed by atoms with E-state index in [9.17, 15) is 0 Å². The van der Waals surface area contributed by atoms with E-state index in [-0.39, 0.29) is 0 Å². The van der Waals surface area contributed by atoms with E-state index >= 15 is 0 Å². The normalized spacial score (nSPS) is 11.0. The van der Waals surface area contributed by atoms with Crippen molar-refractivity contribution in [3.63, 3.8) is 0 Å². The molecule has 1 aromatic heterocycles. The SMILES string of the molecule is Cc1c(C#N)ccc2[nH]nc(C=Cc3ccccc3)c12. The van der Waals surface area contributed by atoms with Crippen molar-refractivity contribution in [2.45, 2.75) is 6.92 Å². The lowest BCUT2D eigenvalue weighted by Crippen LogP contribution is -1.84. The summed E-state index contributed by atoms with van der Waals surface area (Å²) in [6.45, 7) is 1.95. The maximum absolute atomic E-state index is 9.12. The standard InChI is InChI=1S/C17H13N3/c1-12-14(11-18)8-10-16-17(12)15(19-20-16)9-7-13-5-3-2-4-6-13/h2-10H,1H3,(H,19,20). The smallest absolute Gasteiger partial charge is 0.0994 e. The number of benzene rings is 2. The van der Waals surface area contributed by atoms with Gasteiger partial charge in [-0.05, 0) is 36.3 Å². The summed E-state index contributed by atoms with van der Waals surface area (Å²) >= 11 is 0. The molecule has 3 nitrogen and oxygen atoms in total. The zero-order chi connectivity index (χ0) is 13.9. The molecule has 3 rings (SSSR count). The van der Waals surface area contributed by atoms with Gasteiger partial charge in [-0.15, -0.1) is 0 Å². The molecular weight excluding hydrogens is 246 g/mol. The lowest BCUT2D eigenvalue weighted by atomic mass is 10.0. The third-order valence-corrected chi connectivity index (χ3v) is 3.37. The number of hydrogen-bond donors (Lipinski definition) is 1. The highest BCUT2D eigenvalue weighted by Gasteiger charge is 2.09. The van der Waals surface area contributed by atoms with Gasteiger partial charge in [0.15, 0.2) is 0 Å². The molecule has 0 fully saturated rings. The summed E-state index contributed by atoms with van der Waals surface area (Å²) in [7, 11) is 0. The molecule has 2 aromatic carbocycles. The quantitative estimate of drug-likeness (QED) is 0.758. The molecule has 0 atom stereocenters. The Kier molecular flexibility index (Phi) is 3.06.